The van der Waals surface area contributed by atoms with E-state index in [1.807, 2.05) is 5.32 Å². The lowest BCUT2D eigenvalue weighted by molar-refractivity contribution is -0.0462. The van der Waals surface area contributed by atoms with Crippen LogP contribution in [-0.4, -0.2) is 35.1 Å². The lowest BCUT2D eigenvalue weighted by Gasteiger charge is -2.13. The molecule has 1 unspecified atom stereocenters. The van der Waals surface area contributed by atoms with E-state index in [2.05, 4.69) is 4.98 Å². The Balaban J connectivity index is 2.58. The SMILES string of the molecule is CC(N)c1nc(C(=O)NCC(F)(F)CO)cs1. The Labute approximate surface area is 101 Å². The quantitative estimate of drug-likeness (QED) is 0.724. The molecule has 1 aromatic heterocycles. The Kier molecular flexibility index (Phi) is 4.49. The minimum atomic E-state index is -3.32. The molecular weight excluding hydrogens is 252 g/mol. The first-order chi connectivity index (χ1) is 7.85. The third kappa shape index (κ3) is 3.99. The van der Waals surface area contributed by atoms with Gasteiger partial charge in [0.25, 0.3) is 11.8 Å². The molecule has 0 spiro atoms. The molecule has 0 aromatic carbocycles. The van der Waals surface area contributed by atoms with Gasteiger partial charge in [0.15, 0.2) is 0 Å². The Morgan fingerprint density at radius 3 is 2.88 bits per heavy atom. The van der Waals surface area contributed by atoms with Crippen molar-refractivity contribution in [3.8, 4) is 0 Å². The van der Waals surface area contributed by atoms with Crippen LogP contribution in [0.15, 0.2) is 5.38 Å². The first kappa shape index (κ1) is 13.9. The molecule has 1 rings (SSSR count). The van der Waals surface area contributed by atoms with Gasteiger partial charge < -0.3 is 16.2 Å². The summed E-state index contributed by atoms with van der Waals surface area (Å²) < 4.78 is 25.3. The lowest BCUT2D eigenvalue weighted by atomic mass is 10.3. The molecule has 0 aliphatic carbocycles. The highest BCUT2D eigenvalue weighted by atomic mass is 32.1. The third-order valence-corrected chi connectivity index (χ3v) is 2.93. The van der Waals surface area contributed by atoms with Crippen molar-refractivity contribution in [1.82, 2.24) is 10.3 Å². The van der Waals surface area contributed by atoms with E-state index in [-0.39, 0.29) is 11.7 Å². The van der Waals surface area contributed by atoms with Crippen LogP contribution in [0, 0.1) is 0 Å². The highest BCUT2D eigenvalue weighted by Crippen LogP contribution is 2.16. The number of thiazole rings is 1. The highest BCUT2D eigenvalue weighted by molar-refractivity contribution is 7.09. The second-order valence-electron chi connectivity index (χ2n) is 3.56. The third-order valence-electron chi connectivity index (χ3n) is 1.88. The maximum Gasteiger partial charge on any atom is 0.287 e. The van der Waals surface area contributed by atoms with Crippen molar-refractivity contribution < 1.29 is 18.7 Å². The fourth-order valence-electron chi connectivity index (χ4n) is 0.957. The van der Waals surface area contributed by atoms with Crippen LogP contribution in [0.25, 0.3) is 0 Å². The summed E-state index contributed by atoms with van der Waals surface area (Å²) >= 11 is 1.19. The van der Waals surface area contributed by atoms with Gasteiger partial charge in [0.2, 0.25) is 0 Å². The van der Waals surface area contributed by atoms with Crippen molar-refractivity contribution in [2.24, 2.45) is 5.73 Å². The minimum Gasteiger partial charge on any atom is -0.390 e. The summed E-state index contributed by atoms with van der Waals surface area (Å²) in [6.07, 6.45) is 0. The van der Waals surface area contributed by atoms with Crippen molar-refractivity contribution >= 4 is 17.2 Å². The molecule has 0 fully saturated rings. The molecule has 0 aliphatic heterocycles. The number of nitrogens with zero attached hydrogens (tertiary/aromatic N) is 1. The molecule has 1 aromatic rings. The molecule has 0 saturated heterocycles. The zero-order valence-electron chi connectivity index (χ0n) is 9.11. The number of hydrogen-bond acceptors (Lipinski definition) is 5. The molecule has 5 nitrogen and oxygen atoms in total. The zero-order chi connectivity index (χ0) is 13.1. The van der Waals surface area contributed by atoms with Gasteiger partial charge in [-0.25, -0.2) is 13.8 Å². The van der Waals surface area contributed by atoms with Gasteiger partial charge in [-0.15, -0.1) is 11.3 Å². The predicted molar refractivity (Wildman–Crippen MR) is 59.1 cm³/mol. The van der Waals surface area contributed by atoms with Crippen LogP contribution >= 0.6 is 11.3 Å². The van der Waals surface area contributed by atoms with Crippen LogP contribution in [0.5, 0.6) is 0 Å². The largest absolute Gasteiger partial charge is 0.390 e. The fourth-order valence-corrected chi connectivity index (χ4v) is 1.71. The van der Waals surface area contributed by atoms with Gasteiger partial charge in [-0.2, -0.15) is 0 Å². The number of carbonyl (C=O) groups is 1. The Hall–Kier alpha value is -1.12. The van der Waals surface area contributed by atoms with Crippen molar-refractivity contribution in [2.75, 3.05) is 13.2 Å². The second kappa shape index (κ2) is 5.48. The van der Waals surface area contributed by atoms with Gasteiger partial charge >= 0.3 is 0 Å². The van der Waals surface area contributed by atoms with Crippen LogP contribution in [0.4, 0.5) is 8.78 Å². The Bertz CT molecular complexity index is 395. The number of rotatable bonds is 5. The van der Waals surface area contributed by atoms with Gasteiger partial charge in [-0.3, -0.25) is 4.79 Å². The average molecular weight is 265 g/mol. The summed E-state index contributed by atoms with van der Waals surface area (Å²) in [6, 6.07) is -0.305. The smallest absolute Gasteiger partial charge is 0.287 e. The number of nitrogens with one attached hydrogen (secondary N) is 1. The standard InChI is InChI=1S/C9H13F2N3O2S/c1-5(12)8-14-6(2-17-8)7(16)13-3-9(10,11)4-15/h2,5,15H,3-4,12H2,1H3,(H,13,16). The normalized spacial score (nSPS) is 13.5. The summed E-state index contributed by atoms with van der Waals surface area (Å²) in [7, 11) is 0. The molecule has 8 heteroatoms. The second-order valence-corrected chi connectivity index (χ2v) is 4.45. The fraction of sp³-hybridized carbons (Fsp3) is 0.556. The molecule has 4 N–H and O–H groups in total. The molecule has 1 heterocycles. The topological polar surface area (TPSA) is 88.2 Å². The molecule has 0 aliphatic rings. The monoisotopic (exact) mass is 265 g/mol. The van der Waals surface area contributed by atoms with E-state index in [1.165, 1.54) is 16.7 Å². The van der Waals surface area contributed by atoms with Crippen LogP contribution in [0.1, 0.15) is 28.5 Å². The van der Waals surface area contributed by atoms with Crippen molar-refractivity contribution in [2.45, 2.75) is 18.9 Å². The van der Waals surface area contributed by atoms with E-state index < -0.39 is 25.0 Å². The van der Waals surface area contributed by atoms with Crippen molar-refractivity contribution in [3.63, 3.8) is 0 Å². The maximum absolute atomic E-state index is 12.7. The van der Waals surface area contributed by atoms with E-state index in [0.717, 1.165) is 0 Å². The van der Waals surface area contributed by atoms with E-state index in [4.69, 9.17) is 10.8 Å². The number of nitrogens with two attached hydrogens (primary N) is 1. The number of aliphatic hydroxyl groups is 1. The molecule has 17 heavy (non-hydrogen) atoms. The number of aromatic nitrogens is 1. The van der Waals surface area contributed by atoms with Gasteiger partial charge in [0.05, 0.1) is 12.6 Å². The lowest BCUT2D eigenvalue weighted by Crippen LogP contribution is -2.39. The van der Waals surface area contributed by atoms with Gasteiger partial charge in [-0.1, -0.05) is 0 Å². The van der Waals surface area contributed by atoms with E-state index >= 15 is 0 Å². The first-order valence-corrected chi connectivity index (χ1v) is 5.71. The number of alkyl halides is 2. The van der Waals surface area contributed by atoms with Crippen LogP contribution < -0.4 is 11.1 Å². The summed E-state index contributed by atoms with van der Waals surface area (Å²) in [5.41, 5.74) is 5.61. The number of hydrogen-bond donors (Lipinski definition) is 3. The molecule has 0 bridgehead atoms. The Morgan fingerprint density at radius 2 is 2.41 bits per heavy atom. The number of amides is 1. The molecule has 96 valence electrons. The zero-order valence-corrected chi connectivity index (χ0v) is 9.93. The van der Waals surface area contributed by atoms with Crippen molar-refractivity contribution in [1.29, 1.82) is 0 Å². The van der Waals surface area contributed by atoms with E-state index in [1.54, 1.807) is 6.92 Å². The van der Waals surface area contributed by atoms with Crippen LogP contribution in [0.3, 0.4) is 0 Å². The minimum absolute atomic E-state index is 0.0519. The van der Waals surface area contributed by atoms with E-state index in [9.17, 15) is 13.6 Å². The van der Waals surface area contributed by atoms with Crippen molar-refractivity contribution in [3.05, 3.63) is 16.1 Å². The summed E-state index contributed by atoms with van der Waals surface area (Å²) in [4.78, 5) is 15.3. The van der Waals surface area contributed by atoms with Gasteiger partial charge in [0.1, 0.15) is 17.3 Å². The molecular formula is C9H13F2N3O2S. The number of aliphatic hydroxyl groups excluding tert-OH is 1. The van der Waals surface area contributed by atoms with Crippen LogP contribution in [-0.2, 0) is 0 Å². The summed E-state index contributed by atoms with van der Waals surface area (Å²) in [5.74, 6) is -4.03. The molecule has 1 atom stereocenters. The number of halogens is 2. The average Bonchev–Trinajstić information content (AvgIpc) is 2.75. The van der Waals surface area contributed by atoms with Gasteiger partial charge in [-0.05, 0) is 6.92 Å². The van der Waals surface area contributed by atoms with Gasteiger partial charge in [0, 0.05) is 5.38 Å². The van der Waals surface area contributed by atoms with E-state index in [0.29, 0.717) is 5.01 Å². The Morgan fingerprint density at radius 1 is 1.76 bits per heavy atom. The summed E-state index contributed by atoms with van der Waals surface area (Å²) in [6.45, 7) is -0.525. The highest BCUT2D eigenvalue weighted by Gasteiger charge is 2.28. The predicted octanol–water partition coefficient (Wildman–Crippen LogP) is 0.520. The van der Waals surface area contributed by atoms with Crippen LogP contribution in [0.2, 0.25) is 0 Å². The maximum atomic E-state index is 12.7. The molecule has 1 amide bonds. The first-order valence-electron chi connectivity index (χ1n) is 4.83. The summed E-state index contributed by atoms with van der Waals surface area (Å²) in [5, 5.41) is 12.3. The molecule has 0 saturated carbocycles. The molecule has 0 radical (unpaired) electrons. The number of carbonyl (C=O) groups excluding carboxylic acids is 1.